The lowest BCUT2D eigenvalue weighted by molar-refractivity contribution is 0.224. The summed E-state index contributed by atoms with van der Waals surface area (Å²) >= 11 is 0. The summed E-state index contributed by atoms with van der Waals surface area (Å²) in [5.74, 6) is 3.10. The summed E-state index contributed by atoms with van der Waals surface area (Å²) in [4.78, 5) is 5.04. The molecule has 216 valence electrons. The number of benzene rings is 4. The van der Waals surface area contributed by atoms with Gasteiger partial charge in [0.2, 0.25) is 0 Å². The number of hydrogen-bond acceptors (Lipinski definition) is 2. The van der Waals surface area contributed by atoms with Gasteiger partial charge in [-0.15, -0.1) is 0 Å². The van der Waals surface area contributed by atoms with Gasteiger partial charge in [-0.2, -0.15) is 0 Å². The van der Waals surface area contributed by atoms with Crippen LogP contribution in [0.25, 0.3) is 43.6 Å². The van der Waals surface area contributed by atoms with Crippen molar-refractivity contribution in [3.63, 3.8) is 0 Å². The smallest absolute Gasteiger partial charge is 0.140 e. The first-order chi connectivity index (χ1) is 20.0. The van der Waals surface area contributed by atoms with Crippen LogP contribution in [0, 0.1) is 16.7 Å². The molecule has 2 nitrogen and oxygen atoms in total. The number of ether oxygens (including phenoxy) is 1. The molecule has 1 aliphatic heterocycles. The quantitative estimate of drug-likeness (QED) is 0.202. The van der Waals surface area contributed by atoms with E-state index in [2.05, 4.69) is 103 Å². The van der Waals surface area contributed by atoms with E-state index in [4.69, 9.17) is 9.72 Å². The molecule has 1 aliphatic carbocycles. The number of hydrogen-bond donors (Lipinski definition) is 0. The second kappa shape index (κ2) is 9.83. The minimum absolute atomic E-state index is 0.242. The second-order valence-electron chi connectivity index (χ2n) is 15.6. The summed E-state index contributed by atoms with van der Waals surface area (Å²) in [6, 6.07) is 21.0. The molecule has 4 aromatic carbocycles. The maximum Gasteiger partial charge on any atom is 0.140 e. The molecule has 0 amide bonds. The highest BCUT2D eigenvalue weighted by atomic mass is 16.5. The largest absolute Gasteiger partial charge is 0.456 e. The fourth-order valence-corrected chi connectivity index (χ4v) is 7.60. The minimum atomic E-state index is 0.242. The Bertz CT molecular complexity index is 1840. The van der Waals surface area contributed by atoms with Crippen molar-refractivity contribution in [3.05, 3.63) is 77.5 Å². The summed E-state index contributed by atoms with van der Waals surface area (Å²) in [5, 5.41) is 7.57. The first-order valence-corrected chi connectivity index (χ1v) is 16.1. The fourth-order valence-electron chi connectivity index (χ4n) is 7.60. The predicted octanol–water partition coefficient (Wildman–Crippen LogP) is 11.8. The summed E-state index contributed by atoms with van der Waals surface area (Å²) in [7, 11) is 0. The van der Waals surface area contributed by atoms with Crippen molar-refractivity contribution in [2.75, 3.05) is 0 Å². The molecule has 0 unspecified atom stereocenters. The normalized spacial score (nSPS) is 16.8. The van der Waals surface area contributed by atoms with E-state index < -0.39 is 0 Å². The summed E-state index contributed by atoms with van der Waals surface area (Å²) in [6.45, 7) is 16.4. The third-order valence-corrected chi connectivity index (χ3v) is 9.74. The molecule has 0 spiro atoms. The van der Waals surface area contributed by atoms with Gasteiger partial charge in [0.15, 0.2) is 0 Å². The zero-order valence-corrected chi connectivity index (χ0v) is 26.5. The molecule has 42 heavy (non-hydrogen) atoms. The molecule has 0 bridgehead atoms. The lowest BCUT2D eigenvalue weighted by atomic mass is 9.71. The number of nitrogens with zero attached hydrogens (tertiary/aromatic N) is 1. The van der Waals surface area contributed by atoms with Gasteiger partial charge in [0.05, 0.1) is 11.1 Å². The van der Waals surface area contributed by atoms with Crippen LogP contribution in [0.1, 0.15) is 96.8 Å². The molecule has 1 saturated carbocycles. The Morgan fingerprint density at radius 2 is 1.67 bits per heavy atom. The molecule has 0 radical (unpaired) electrons. The highest BCUT2D eigenvalue weighted by Gasteiger charge is 2.29. The van der Waals surface area contributed by atoms with Crippen molar-refractivity contribution in [2.24, 2.45) is 16.7 Å². The Labute approximate surface area is 251 Å². The number of aromatic nitrogens is 1. The van der Waals surface area contributed by atoms with E-state index in [0.29, 0.717) is 17.3 Å². The average molecular weight is 556 g/mol. The SMILES string of the molecule is CC(C)Cc1c2c(cc3cc(CC(C)(C)C)ccc13)-c1nccc3c1c(cc1ccc(C4CCC(C)(C)CC4)cc13)O2. The monoisotopic (exact) mass is 555 g/mol. The van der Waals surface area contributed by atoms with Crippen LogP contribution >= 0.6 is 0 Å². The van der Waals surface area contributed by atoms with Crippen molar-refractivity contribution in [1.29, 1.82) is 0 Å². The van der Waals surface area contributed by atoms with Crippen LogP contribution in [0.4, 0.5) is 0 Å². The number of rotatable bonds is 4. The van der Waals surface area contributed by atoms with E-state index in [1.165, 1.54) is 69.3 Å². The van der Waals surface area contributed by atoms with Crippen LogP contribution in [0.3, 0.4) is 0 Å². The van der Waals surface area contributed by atoms with E-state index in [1.54, 1.807) is 0 Å². The predicted molar refractivity (Wildman–Crippen MR) is 179 cm³/mol. The number of pyridine rings is 1. The van der Waals surface area contributed by atoms with E-state index >= 15 is 0 Å². The van der Waals surface area contributed by atoms with Gasteiger partial charge in [-0.1, -0.05) is 84.9 Å². The van der Waals surface area contributed by atoms with Gasteiger partial charge in [-0.25, -0.2) is 0 Å². The molecular formula is C40H45NO. The van der Waals surface area contributed by atoms with Crippen molar-refractivity contribution in [2.45, 2.75) is 92.9 Å². The van der Waals surface area contributed by atoms with E-state index in [0.717, 1.165) is 41.0 Å². The Morgan fingerprint density at radius 1 is 0.881 bits per heavy atom. The second-order valence-corrected chi connectivity index (χ2v) is 15.6. The molecule has 0 N–H and O–H groups in total. The van der Waals surface area contributed by atoms with Gasteiger partial charge in [-0.3, -0.25) is 4.98 Å². The molecule has 5 aromatic rings. The van der Waals surface area contributed by atoms with Gasteiger partial charge in [-0.05, 0) is 117 Å². The third-order valence-electron chi connectivity index (χ3n) is 9.74. The molecule has 2 aliphatic rings. The maximum absolute atomic E-state index is 6.94. The zero-order chi connectivity index (χ0) is 29.4. The first-order valence-electron chi connectivity index (χ1n) is 16.1. The lowest BCUT2D eigenvalue weighted by Gasteiger charge is -2.34. The van der Waals surface area contributed by atoms with Crippen LogP contribution in [0.2, 0.25) is 0 Å². The maximum atomic E-state index is 6.94. The third kappa shape index (κ3) is 4.87. The molecule has 0 atom stereocenters. The zero-order valence-electron chi connectivity index (χ0n) is 26.5. The minimum Gasteiger partial charge on any atom is -0.456 e. The van der Waals surface area contributed by atoms with Crippen LogP contribution in [0.15, 0.2) is 60.8 Å². The van der Waals surface area contributed by atoms with Gasteiger partial charge in [0.25, 0.3) is 0 Å². The molecular weight excluding hydrogens is 510 g/mol. The molecule has 2 heterocycles. The van der Waals surface area contributed by atoms with Crippen LogP contribution in [-0.4, -0.2) is 4.98 Å². The molecule has 1 aromatic heterocycles. The van der Waals surface area contributed by atoms with Crippen LogP contribution < -0.4 is 4.74 Å². The van der Waals surface area contributed by atoms with E-state index in [9.17, 15) is 0 Å². The highest BCUT2D eigenvalue weighted by Crippen LogP contribution is 2.52. The Morgan fingerprint density at radius 3 is 2.40 bits per heavy atom. The van der Waals surface area contributed by atoms with Crippen molar-refractivity contribution >= 4 is 32.3 Å². The lowest BCUT2D eigenvalue weighted by Crippen LogP contribution is -2.20. The Kier molecular flexibility index (Phi) is 6.42. The number of fused-ring (bicyclic) bond motifs is 5. The van der Waals surface area contributed by atoms with E-state index in [-0.39, 0.29) is 5.41 Å². The topological polar surface area (TPSA) is 22.1 Å². The molecule has 0 saturated heterocycles. The Balaban J connectivity index is 1.42. The molecule has 2 heteroatoms. The van der Waals surface area contributed by atoms with Gasteiger partial charge < -0.3 is 4.74 Å². The molecule has 1 fully saturated rings. The Hall–Kier alpha value is -3.39. The highest BCUT2D eigenvalue weighted by molar-refractivity contribution is 6.16. The van der Waals surface area contributed by atoms with Gasteiger partial charge in [0.1, 0.15) is 11.5 Å². The average Bonchev–Trinajstić information content (AvgIpc) is 2.92. The van der Waals surface area contributed by atoms with Crippen LogP contribution in [0.5, 0.6) is 11.5 Å². The van der Waals surface area contributed by atoms with Gasteiger partial charge >= 0.3 is 0 Å². The first kappa shape index (κ1) is 27.4. The van der Waals surface area contributed by atoms with Crippen molar-refractivity contribution in [3.8, 4) is 22.8 Å². The van der Waals surface area contributed by atoms with Gasteiger partial charge in [0, 0.05) is 17.3 Å². The summed E-state index contributed by atoms with van der Waals surface area (Å²) in [5.41, 5.74) is 7.09. The van der Waals surface area contributed by atoms with Crippen LogP contribution in [-0.2, 0) is 12.8 Å². The van der Waals surface area contributed by atoms with Crippen molar-refractivity contribution in [1.82, 2.24) is 4.98 Å². The molecule has 7 rings (SSSR count). The standard InChI is InChI=1S/C40H45NO/c1-24(2)18-33-30-11-8-25(23-39(3,4)5)19-29(30)21-34-37-36-31(14-17-41-37)32-20-27(26-12-15-40(6,7)16-13-26)9-10-28(32)22-35(36)42-38(33)34/h8-11,14,17,19-22,24,26H,12-13,15-16,18,23H2,1-7H3. The van der Waals surface area contributed by atoms with Crippen molar-refractivity contribution < 1.29 is 4.74 Å². The fraction of sp³-hybridized carbons (Fsp3) is 0.425. The summed E-state index contributed by atoms with van der Waals surface area (Å²) in [6.07, 6.45) is 9.20. The summed E-state index contributed by atoms with van der Waals surface area (Å²) < 4.78 is 6.94. The van der Waals surface area contributed by atoms with E-state index in [1.807, 2.05) is 6.20 Å².